The first-order valence-corrected chi connectivity index (χ1v) is 9.85. The first kappa shape index (κ1) is 17.3. The van der Waals surface area contributed by atoms with Crippen LogP contribution in [-0.2, 0) is 14.9 Å². The van der Waals surface area contributed by atoms with Gasteiger partial charge in [-0.2, -0.15) is 0 Å². The fraction of sp³-hybridized carbons (Fsp3) is 0.650. The fourth-order valence-electron chi connectivity index (χ4n) is 4.94. The third-order valence-electron chi connectivity index (χ3n) is 6.43. The van der Waals surface area contributed by atoms with Crippen LogP contribution in [0.25, 0.3) is 0 Å². The summed E-state index contributed by atoms with van der Waals surface area (Å²) >= 11 is 6.08. The van der Waals surface area contributed by atoms with Gasteiger partial charge < -0.3 is 15.0 Å². The highest BCUT2D eigenvalue weighted by atomic mass is 35.5. The molecule has 3 saturated heterocycles. The molecule has 0 aromatic heterocycles. The summed E-state index contributed by atoms with van der Waals surface area (Å²) < 4.78 is 5.59. The second-order valence-corrected chi connectivity index (χ2v) is 8.39. The number of likely N-dealkylation sites (tertiary alicyclic amines) is 1. The number of hydrogen-bond donors (Lipinski definition) is 1. The minimum absolute atomic E-state index is 0.292. The maximum atomic E-state index is 13.7. The average molecular weight is 363 g/mol. The summed E-state index contributed by atoms with van der Waals surface area (Å²) in [5, 5.41) is 4.21. The van der Waals surface area contributed by atoms with Gasteiger partial charge in [-0.15, -0.1) is 0 Å². The average Bonchev–Trinajstić information content (AvgIpc) is 3.09. The normalized spacial score (nSPS) is 29.1. The summed E-state index contributed by atoms with van der Waals surface area (Å²) in [6.07, 6.45) is 5.06. The molecule has 3 fully saturated rings. The van der Waals surface area contributed by atoms with Crippen molar-refractivity contribution >= 4 is 17.5 Å². The number of ether oxygens (including phenoxy) is 1. The minimum Gasteiger partial charge on any atom is -0.381 e. The molecular weight excluding hydrogens is 336 g/mol. The first-order valence-electron chi connectivity index (χ1n) is 9.48. The van der Waals surface area contributed by atoms with Crippen LogP contribution in [0.5, 0.6) is 0 Å². The molecule has 4 nitrogen and oxygen atoms in total. The van der Waals surface area contributed by atoms with Gasteiger partial charge in [0.15, 0.2) is 0 Å². The molecule has 1 N–H and O–H groups in total. The Hall–Kier alpha value is -1.10. The van der Waals surface area contributed by atoms with Crippen LogP contribution in [0.3, 0.4) is 0 Å². The van der Waals surface area contributed by atoms with Crippen molar-refractivity contribution in [3.8, 4) is 0 Å². The van der Waals surface area contributed by atoms with Crippen LogP contribution in [0.15, 0.2) is 24.3 Å². The second kappa shape index (κ2) is 6.90. The van der Waals surface area contributed by atoms with Crippen LogP contribution in [0.4, 0.5) is 0 Å². The molecule has 1 spiro atoms. The molecule has 5 heteroatoms. The molecule has 0 radical (unpaired) electrons. The fourth-order valence-corrected chi connectivity index (χ4v) is 5.07. The Kier molecular flexibility index (Phi) is 4.78. The molecule has 1 unspecified atom stereocenters. The minimum atomic E-state index is -0.451. The van der Waals surface area contributed by atoms with Crippen molar-refractivity contribution in [3.63, 3.8) is 0 Å². The number of hydrogen-bond acceptors (Lipinski definition) is 3. The highest BCUT2D eigenvalue weighted by Crippen LogP contribution is 2.41. The molecule has 0 bridgehead atoms. The Labute approximate surface area is 154 Å². The van der Waals surface area contributed by atoms with E-state index in [4.69, 9.17) is 16.3 Å². The SMILES string of the molecule is O=C(N1CCCC2(CCNC2)C1)C1(c2ccc(Cl)cc2)CCOCC1. The van der Waals surface area contributed by atoms with E-state index in [1.807, 2.05) is 24.3 Å². The van der Waals surface area contributed by atoms with Crippen molar-refractivity contribution < 1.29 is 9.53 Å². The summed E-state index contributed by atoms with van der Waals surface area (Å²) in [6.45, 7) is 5.21. The van der Waals surface area contributed by atoms with Gasteiger partial charge in [-0.3, -0.25) is 4.79 Å². The number of benzene rings is 1. The Bertz CT molecular complexity index is 619. The number of nitrogens with one attached hydrogen (secondary N) is 1. The Morgan fingerprint density at radius 3 is 2.56 bits per heavy atom. The van der Waals surface area contributed by atoms with Gasteiger partial charge in [0.2, 0.25) is 5.91 Å². The van der Waals surface area contributed by atoms with Gasteiger partial charge in [-0.05, 0) is 56.3 Å². The van der Waals surface area contributed by atoms with Crippen LogP contribution >= 0.6 is 11.6 Å². The number of carbonyl (C=O) groups excluding carboxylic acids is 1. The summed E-state index contributed by atoms with van der Waals surface area (Å²) in [5.74, 6) is 0.295. The Balaban J connectivity index is 1.62. The quantitative estimate of drug-likeness (QED) is 0.879. The van der Waals surface area contributed by atoms with E-state index in [0.717, 1.165) is 51.0 Å². The molecule has 4 rings (SSSR count). The van der Waals surface area contributed by atoms with Crippen LogP contribution in [0.1, 0.15) is 37.7 Å². The Morgan fingerprint density at radius 1 is 1.12 bits per heavy atom. The summed E-state index contributed by atoms with van der Waals surface area (Å²) in [4.78, 5) is 15.9. The number of halogens is 1. The molecule has 1 aromatic carbocycles. The zero-order valence-corrected chi connectivity index (χ0v) is 15.5. The number of carbonyl (C=O) groups is 1. The lowest BCUT2D eigenvalue weighted by Gasteiger charge is -2.45. The number of piperidine rings is 1. The van der Waals surface area contributed by atoms with Crippen LogP contribution in [0.2, 0.25) is 5.02 Å². The van der Waals surface area contributed by atoms with E-state index in [9.17, 15) is 4.79 Å². The topological polar surface area (TPSA) is 41.6 Å². The van der Waals surface area contributed by atoms with Crippen LogP contribution < -0.4 is 5.32 Å². The summed E-state index contributed by atoms with van der Waals surface area (Å²) in [7, 11) is 0. The highest BCUT2D eigenvalue weighted by Gasteiger charge is 2.47. The number of rotatable bonds is 2. The lowest BCUT2D eigenvalue weighted by molar-refractivity contribution is -0.144. The van der Waals surface area contributed by atoms with E-state index in [1.165, 1.54) is 12.8 Å². The lowest BCUT2D eigenvalue weighted by atomic mass is 9.71. The van der Waals surface area contributed by atoms with Crippen molar-refractivity contribution in [1.29, 1.82) is 0 Å². The number of amides is 1. The van der Waals surface area contributed by atoms with Gasteiger partial charge in [-0.25, -0.2) is 0 Å². The van der Waals surface area contributed by atoms with Crippen LogP contribution in [0, 0.1) is 5.41 Å². The molecule has 3 aliphatic heterocycles. The van der Waals surface area contributed by atoms with E-state index in [1.54, 1.807) is 0 Å². The molecule has 1 atom stereocenters. The molecule has 0 aliphatic carbocycles. The molecule has 1 amide bonds. The van der Waals surface area contributed by atoms with E-state index < -0.39 is 5.41 Å². The van der Waals surface area contributed by atoms with Gasteiger partial charge in [0.25, 0.3) is 0 Å². The molecule has 1 aromatic rings. The van der Waals surface area contributed by atoms with Crippen molar-refractivity contribution in [2.45, 2.75) is 37.5 Å². The molecule has 0 saturated carbocycles. The molecule has 25 heavy (non-hydrogen) atoms. The van der Waals surface area contributed by atoms with Gasteiger partial charge in [0.05, 0.1) is 5.41 Å². The second-order valence-electron chi connectivity index (χ2n) is 7.96. The largest absolute Gasteiger partial charge is 0.381 e. The van der Waals surface area contributed by atoms with Crippen molar-refractivity contribution in [2.75, 3.05) is 39.4 Å². The first-order chi connectivity index (χ1) is 12.1. The molecular formula is C20H27ClN2O2. The smallest absolute Gasteiger partial charge is 0.233 e. The molecule has 136 valence electrons. The van der Waals surface area contributed by atoms with Crippen molar-refractivity contribution in [3.05, 3.63) is 34.9 Å². The monoisotopic (exact) mass is 362 g/mol. The maximum Gasteiger partial charge on any atom is 0.233 e. The van der Waals surface area contributed by atoms with E-state index in [2.05, 4.69) is 10.2 Å². The third kappa shape index (κ3) is 3.20. The molecule has 3 aliphatic rings. The van der Waals surface area contributed by atoms with E-state index in [-0.39, 0.29) is 0 Å². The zero-order chi connectivity index (χ0) is 17.3. The third-order valence-corrected chi connectivity index (χ3v) is 6.69. The molecule has 3 heterocycles. The van der Waals surface area contributed by atoms with Gasteiger partial charge in [-0.1, -0.05) is 23.7 Å². The zero-order valence-electron chi connectivity index (χ0n) is 14.7. The van der Waals surface area contributed by atoms with Gasteiger partial charge >= 0.3 is 0 Å². The lowest BCUT2D eigenvalue weighted by Crippen LogP contribution is -2.55. The highest BCUT2D eigenvalue weighted by molar-refractivity contribution is 6.30. The summed E-state index contributed by atoms with van der Waals surface area (Å²) in [6, 6.07) is 7.87. The van der Waals surface area contributed by atoms with Crippen LogP contribution in [-0.4, -0.2) is 50.2 Å². The Morgan fingerprint density at radius 2 is 1.88 bits per heavy atom. The predicted molar refractivity (Wildman–Crippen MR) is 98.9 cm³/mol. The standard InChI is InChI=1S/C20H27ClN2O2/c21-17-4-2-16(3-5-17)20(8-12-25-13-9-20)18(24)23-11-1-6-19(15-23)7-10-22-14-19/h2-5,22H,1,6-15H2. The van der Waals surface area contributed by atoms with Crippen molar-refractivity contribution in [2.24, 2.45) is 5.41 Å². The van der Waals surface area contributed by atoms with Gasteiger partial charge in [0.1, 0.15) is 0 Å². The van der Waals surface area contributed by atoms with E-state index >= 15 is 0 Å². The van der Waals surface area contributed by atoms with E-state index in [0.29, 0.717) is 29.6 Å². The predicted octanol–water partition coefficient (Wildman–Crippen LogP) is 2.99. The van der Waals surface area contributed by atoms with Gasteiger partial charge in [0, 0.05) is 43.3 Å². The number of nitrogens with zero attached hydrogens (tertiary/aromatic N) is 1. The summed E-state index contributed by atoms with van der Waals surface area (Å²) in [5.41, 5.74) is 0.933. The maximum absolute atomic E-state index is 13.7. The van der Waals surface area contributed by atoms with Crippen molar-refractivity contribution in [1.82, 2.24) is 10.2 Å².